The molecule has 0 unspecified atom stereocenters. The summed E-state index contributed by atoms with van der Waals surface area (Å²) in [7, 11) is 0. The number of rotatable bonds is 9. The molecule has 2 N–H and O–H groups in total. The average Bonchev–Trinajstić information content (AvgIpc) is 2.55. The van der Waals surface area contributed by atoms with Gasteiger partial charge in [0, 0.05) is 31.9 Å². The molecule has 1 aromatic rings. The highest BCUT2D eigenvalue weighted by molar-refractivity contribution is 5.94. The zero-order valence-electron chi connectivity index (χ0n) is 14.4. The Balaban J connectivity index is 1.64. The van der Waals surface area contributed by atoms with Crippen molar-refractivity contribution in [2.24, 2.45) is 5.92 Å². The van der Waals surface area contributed by atoms with E-state index in [-0.39, 0.29) is 18.4 Å². The second-order valence-corrected chi connectivity index (χ2v) is 6.33. The molecular formula is C18H26N2O4. The van der Waals surface area contributed by atoms with Crippen molar-refractivity contribution in [3.63, 3.8) is 0 Å². The summed E-state index contributed by atoms with van der Waals surface area (Å²) < 4.78 is 11.0. The lowest BCUT2D eigenvalue weighted by atomic mass is 10.0. The van der Waals surface area contributed by atoms with Crippen LogP contribution in [0.5, 0.6) is 5.75 Å². The second kappa shape index (κ2) is 9.27. The van der Waals surface area contributed by atoms with Crippen LogP contribution in [0.4, 0.5) is 5.69 Å². The zero-order valence-corrected chi connectivity index (χ0v) is 14.4. The number of aryl methyl sites for hydroxylation is 1. The normalized spacial score (nSPS) is 13.4. The van der Waals surface area contributed by atoms with E-state index in [4.69, 9.17) is 9.47 Å². The molecular weight excluding hydrogens is 308 g/mol. The number of carbonyl (C=O) groups excluding carboxylic acids is 2. The maximum atomic E-state index is 11.8. The molecule has 0 fully saturated rings. The zero-order chi connectivity index (χ0) is 17.4. The maximum absolute atomic E-state index is 11.8. The first-order valence-electron chi connectivity index (χ1n) is 8.44. The number of benzene rings is 1. The predicted molar refractivity (Wildman–Crippen MR) is 92.2 cm³/mol. The van der Waals surface area contributed by atoms with Gasteiger partial charge in [-0.05, 0) is 42.5 Å². The molecule has 0 spiro atoms. The Morgan fingerprint density at radius 2 is 2.17 bits per heavy atom. The largest absolute Gasteiger partial charge is 0.484 e. The first-order valence-corrected chi connectivity index (χ1v) is 8.44. The summed E-state index contributed by atoms with van der Waals surface area (Å²) in [6.07, 6.45) is 1.97. The number of hydrogen-bond donors (Lipinski definition) is 2. The minimum absolute atomic E-state index is 0.0159. The Morgan fingerprint density at radius 3 is 2.96 bits per heavy atom. The highest BCUT2D eigenvalue weighted by Crippen LogP contribution is 2.26. The van der Waals surface area contributed by atoms with Crippen LogP contribution < -0.4 is 15.4 Å². The lowest BCUT2D eigenvalue weighted by Crippen LogP contribution is -2.30. The van der Waals surface area contributed by atoms with Crippen molar-refractivity contribution in [2.45, 2.75) is 33.1 Å². The fourth-order valence-corrected chi connectivity index (χ4v) is 2.37. The van der Waals surface area contributed by atoms with Gasteiger partial charge in [-0.15, -0.1) is 0 Å². The Bertz CT molecular complexity index is 572. The summed E-state index contributed by atoms with van der Waals surface area (Å²) in [4.78, 5) is 23.1. The summed E-state index contributed by atoms with van der Waals surface area (Å²) in [5.74, 6) is 1.05. The van der Waals surface area contributed by atoms with Gasteiger partial charge in [0.15, 0.2) is 6.61 Å². The molecule has 2 amide bonds. The molecule has 0 saturated carbocycles. The molecule has 1 aromatic carbocycles. The summed E-state index contributed by atoms with van der Waals surface area (Å²) >= 11 is 0. The van der Waals surface area contributed by atoms with Crippen LogP contribution in [-0.4, -0.2) is 38.2 Å². The first-order chi connectivity index (χ1) is 11.5. The molecule has 24 heavy (non-hydrogen) atoms. The molecule has 0 saturated heterocycles. The van der Waals surface area contributed by atoms with E-state index >= 15 is 0 Å². The van der Waals surface area contributed by atoms with Crippen LogP contribution in [0.2, 0.25) is 0 Å². The summed E-state index contributed by atoms with van der Waals surface area (Å²) in [6, 6.07) is 5.45. The first kappa shape index (κ1) is 18.3. The van der Waals surface area contributed by atoms with Crippen molar-refractivity contribution in [3.05, 3.63) is 23.8 Å². The van der Waals surface area contributed by atoms with Crippen LogP contribution in [0.1, 0.15) is 32.3 Å². The summed E-state index contributed by atoms with van der Waals surface area (Å²) in [5.41, 5.74) is 1.86. The van der Waals surface area contributed by atoms with Crippen molar-refractivity contribution in [3.8, 4) is 5.75 Å². The highest BCUT2D eigenvalue weighted by atomic mass is 16.5. The number of amides is 2. The van der Waals surface area contributed by atoms with Gasteiger partial charge < -0.3 is 20.1 Å². The van der Waals surface area contributed by atoms with Gasteiger partial charge in [-0.3, -0.25) is 9.59 Å². The topological polar surface area (TPSA) is 76.7 Å². The number of hydrogen-bond acceptors (Lipinski definition) is 4. The van der Waals surface area contributed by atoms with Crippen molar-refractivity contribution < 1.29 is 19.1 Å². The van der Waals surface area contributed by atoms with E-state index in [1.807, 2.05) is 12.1 Å². The van der Waals surface area contributed by atoms with Crippen LogP contribution in [0.15, 0.2) is 18.2 Å². The number of nitrogens with one attached hydrogen (secondary N) is 2. The predicted octanol–water partition coefficient (Wildman–Crippen LogP) is 2.13. The van der Waals surface area contributed by atoms with E-state index in [0.29, 0.717) is 37.7 Å². The molecule has 6 nitrogen and oxygen atoms in total. The Morgan fingerprint density at radius 1 is 1.33 bits per heavy atom. The van der Waals surface area contributed by atoms with E-state index in [2.05, 4.69) is 24.5 Å². The fourth-order valence-electron chi connectivity index (χ4n) is 2.37. The Labute approximate surface area is 142 Å². The van der Waals surface area contributed by atoms with Gasteiger partial charge >= 0.3 is 0 Å². The van der Waals surface area contributed by atoms with Crippen LogP contribution in [0.25, 0.3) is 0 Å². The molecule has 1 heterocycles. The Hall–Kier alpha value is -2.08. The van der Waals surface area contributed by atoms with E-state index in [1.165, 1.54) is 0 Å². The standard InChI is InChI=1S/C18H26N2O4/c1-13(2)11-23-9-3-8-19-18(22)12-24-15-5-6-16-14(10-15)4-7-17(21)20-16/h5-6,10,13H,3-4,7-9,11-12H2,1-2H3,(H,19,22)(H,20,21). The second-order valence-electron chi connectivity index (χ2n) is 6.33. The number of carbonyl (C=O) groups is 2. The minimum atomic E-state index is -0.148. The average molecular weight is 334 g/mol. The van der Waals surface area contributed by atoms with E-state index in [9.17, 15) is 9.59 Å². The number of anilines is 1. The van der Waals surface area contributed by atoms with Gasteiger partial charge in [0.25, 0.3) is 5.91 Å². The molecule has 1 aliphatic heterocycles. The SMILES string of the molecule is CC(C)COCCCNC(=O)COc1ccc2c(c1)CCC(=O)N2. The van der Waals surface area contributed by atoms with E-state index in [1.54, 1.807) is 6.07 Å². The molecule has 132 valence electrons. The van der Waals surface area contributed by atoms with Gasteiger partial charge in [0.2, 0.25) is 5.91 Å². The molecule has 0 bridgehead atoms. The summed E-state index contributed by atoms with van der Waals surface area (Å²) in [6.45, 7) is 6.17. The maximum Gasteiger partial charge on any atom is 0.257 e. The molecule has 6 heteroatoms. The van der Waals surface area contributed by atoms with Gasteiger partial charge in [0.05, 0.1) is 0 Å². The molecule has 1 aliphatic rings. The smallest absolute Gasteiger partial charge is 0.257 e. The third-order valence-electron chi connectivity index (χ3n) is 3.58. The number of fused-ring (bicyclic) bond motifs is 1. The van der Waals surface area contributed by atoms with Crippen LogP contribution >= 0.6 is 0 Å². The van der Waals surface area contributed by atoms with Crippen LogP contribution in [0, 0.1) is 5.92 Å². The third-order valence-corrected chi connectivity index (χ3v) is 3.58. The van der Waals surface area contributed by atoms with Crippen LogP contribution in [-0.2, 0) is 20.7 Å². The van der Waals surface area contributed by atoms with Crippen LogP contribution in [0.3, 0.4) is 0 Å². The molecule has 0 aromatic heterocycles. The van der Waals surface area contributed by atoms with Gasteiger partial charge in [-0.1, -0.05) is 13.8 Å². The highest BCUT2D eigenvalue weighted by Gasteiger charge is 2.15. The molecule has 0 atom stereocenters. The molecule has 2 rings (SSSR count). The number of ether oxygens (including phenoxy) is 2. The monoisotopic (exact) mass is 334 g/mol. The molecule has 0 aliphatic carbocycles. The Kier molecular flexibility index (Phi) is 7.06. The molecule has 0 radical (unpaired) electrons. The van der Waals surface area contributed by atoms with Gasteiger partial charge in [-0.2, -0.15) is 0 Å². The lowest BCUT2D eigenvalue weighted by molar-refractivity contribution is -0.123. The van der Waals surface area contributed by atoms with Crippen molar-refractivity contribution in [1.29, 1.82) is 0 Å². The van der Waals surface area contributed by atoms with E-state index < -0.39 is 0 Å². The van der Waals surface area contributed by atoms with E-state index in [0.717, 1.165) is 24.3 Å². The lowest BCUT2D eigenvalue weighted by Gasteiger charge is -2.17. The van der Waals surface area contributed by atoms with Crippen molar-refractivity contribution in [1.82, 2.24) is 5.32 Å². The fraction of sp³-hybridized carbons (Fsp3) is 0.556. The summed E-state index contributed by atoms with van der Waals surface area (Å²) in [5, 5.41) is 5.63. The van der Waals surface area contributed by atoms with Gasteiger partial charge in [-0.25, -0.2) is 0 Å². The van der Waals surface area contributed by atoms with Gasteiger partial charge in [0.1, 0.15) is 5.75 Å². The van der Waals surface area contributed by atoms with Crippen molar-refractivity contribution >= 4 is 17.5 Å². The minimum Gasteiger partial charge on any atom is -0.484 e. The quantitative estimate of drug-likeness (QED) is 0.678. The third kappa shape index (κ3) is 6.20. The van der Waals surface area contributed by atoms with Crippen molar-refractivity contribution in [2.75, 3.05) is 31.7 Å².